The van der Waals surface area contributed by atoms with Crippen LogP contribution in [0.1, 0.15) is 50.6 Å². The van der Waals surface area contributed by atoms with Crippen molar-refractivity contribution in [3.05, 3.63) is 33.8 Å². The summed E-state index contributed by atoms with van der Waals surface area (Å²) in [7, 11) is 1.35. The van der Waals surface area contributed by atoms with Crippen molar-refractivity contribution in [1.82, 2.24) is 4.90 Å². The summed E-state index contributed by atoms with van der Waals surface area (Å²) in [5, 5.41) is 1.06. The van der Waals surface area contributed by atoms with Crippen molar-refractivity contribution >= 4 is 35.1 Å². The molecule has 0 aromatic heterocycles. The Bertz CT molecular complexity index is 591. The lowest BCUT2D eigenvalue weighted by Gasteiger charge is -2.33. The van der Waals surface area contributed by atoms with Gasteiger partial charge in [0.1, 0.15) is 6.04 Å². The standard InChI is InChI=1S/C17H21Cl2NO3/c1-3-4-5-14(12-7-6-11(18)10-13(12)19)20-15(17(22)23-2)8-9-16(20)21/h6-7,10,14-15H,3-5,8-9H2,1-2H3. The first kappa shape index (κ1) is 18.1. The highest BCUT2D eigenvalue weighted by molar-refractivity contribution is 6.35. The minimum absolute atomic E-state index is 0.0347. The van der Waals surface area contributed by atoms with E-state index in [4.69, 9.17) is 27.9 Å². The molecule has 0 spiro atoms. The zero-order valence-corrected chi connectivity index (χ0v) is 14.9. The first-order chi connectivity index (χ1) is 11.0. The van der Waals surface area contributed by atoms with Gasteiger partial charge in [-0.05, 0) is 30.5 Å². The van der Waals surface area contributed by atoms with Crippen LogP contribution in [-0.4, -0.2) is 29.9 Å². The summed E-state index contributed by atoms with van der Waals surface area (Å²) in [6.07, 6.45) is 3.51. The molecule has 0 radical (unpaired) electrons. The van der Waals surface area contributed by atoms with Gasteiger partial charge in [-0.1, -0.05) is 49.0 Å². The number of carbonyl (C=O) groups is 2. The third-order valence-electron chi connectivity index (χ3n) is 4.22. The van der Waals surface area contributed by atoms with Crippen LogP contribution in [0.5, 0.6) is 0 Å². The van der Waals surface area contributed by atoms with Crippen LogP contribution < -0.4 is 0 Å². The third-order valence-corrected chi connectivity index (χ3v) is 4.78. The number of likely N-dealkylation sites (tertiary alicyclic amines) is 1. The number of benzene rings is 1. The summed E-state index contributed by atoms with van der Waals surface area (Å²) < 4.78 is 4.87. The van der Waals surface area contributed by atoms with E-state index < -0.39 is 6.04 Å². The lowest BCUT2D eigenvalue weighted by Crippen LogP contribution is -2.42. The van der Waals surface area contributed by atoms with Gasteiger partial charge in [-0.25, -0.2) is 4.79 Å². The minimum atomic E-state index is -0.541. The van der Waals surface area contributed by atoms with Gasteiger partial charge in [0.15, 0.2) is 0 Å². The first-order valence-electron chi connectivity index (χ1n) is 7.83. The normalized spacial score (nSPS) is 19.0. The first-order valence-corrected chi connectivity index (χ1v) is 8.59. The van der Waals surface area contributed by atoms with E-state index in [9.17, 15) is 9.59 Å². The van der Waals surface area contributed by atoms with E-state index in [1.165, 1.54) is 7.11 Å². The Hall–Kier alpha value is -1.26. The Morgan fingerprint density at radius 3 is 2.78 bits per heavy atom. The predicted molar refractivity (Wildman–Crippen MR) is 90.6 cm³/mol. The molecule has 1 aromatic rings. The van der Waals surface area contributed by atoms with Gasteiger partial charge in [0.2, 0.25) is 5.91 Å². The molecule has 4 nitrogen and oxygen atoms in total. The molecule has 1 aliphatic heterocycles. The smallest absolute Gasteiger partial charge is 0.328 e. The number of halogens is 2. The summed E-state index contributed by atoms with van der Waals surface area (Å²) in [5.41, 5.74) is 0.827. The molecule has 2 unspecified atom stereocenters. The van der Waals surface area contributed by atoms with Crippen molar-refractivity contribution in [3.8, 4) is 0 Å². The SMILES string of the molecule is CCCCC(c1ccc(Cl)cc1Cl)N1C(=O)CCC1C(=O)OC. The van der Waals surface area contributed by atoms with E-state index in [-0.39, 0.29) is 17.9 Å². The maximum absolute atomic E-state index is 12.4. The lowest BCUT2D eigenvalue weighted by atomic mass is 9.98. The topological polar surface area (TPSA) is 46.6 Å². The number of carbonyl (C=O) groups excluding carboxylic acids is 2. The molecule has 0 saturated carbocycles. The maximum Gasteiger partial charge on any atom is 0.328 e. The second-order valence-corrected chi connectivity index (χ2v) is 6.55. The molecule has 126 valence electrons. The Morgan fingerprint density at radius 1 is 1.43 bits per heavy atom. The molecule has 6 heteroatoms. The summed E-state index contributed by atoms with van der Waals surface area (Å²) >= 11 is 12.3. The summed E-state index contributed by atoms with van der Waals surface area (Å²) in [6, 6.07) is 4.49. The molecule has 23 heavy (non-hydrogen) atoms. The number of ether oxygens (including phenoxy) is 1. The number of unbranched alkanes of at least 4 members (excludes halogenated alkanes) is 1. The molecule has 0 bridgehead atoms. The van der Waals surface area contributed by atoms with Gasteiger partial charge < -0.3 is 9.64 Å². The van der Waals surface area contributed by atoms with Crippen LogP contribution in [0.15, 0.2) is 18.2 Å². The van der Waals surface area contributed by atoms with E-state index in [0.717, 1.165) is 24.8 Å². The molecule has 1 heterocycles. The zero-order valence-electron chi connectivity index (χ0n) is 13.4. The number of hydrogen-bond acceptors (Lipinski definition) is 3. The number of hydrogen-bond donors (Lipinski definition) is 0. The fraction of sp³-hybridized carbons (Fsp3) is 0.529. The summed E-state index contributed by atoms with van der Waals surface area (Å²) in [6.45, 7) is 2.09. The molecule has 1 amide bonds. The quantitative estimate of drug-likeness (QED) is 0.709. The van der Waals surface area contributed by atoms with Crippen LogP contribution >= 0.6 is 23.2 Å². The highest BCUT2D eigenvalue weighted by Gasteiger charge is 2.41. The number of amides is 1. The fourth-order valence-corrected chi connectivity index (χ4v) is 3.61. The number of nitrogens with zero attached hydrogens (tertiary/aromatic N) is 1. The van der Waals surface area contributed by atoms with Crippen LogP contribution in [0.4, 0.5) is 0 Å². The predicted octanol–water partition coefficient (Wildman–Crippen LogP) is 4.39. The molecule has 2 atom stereocenters. The van der Waals surface area contributed by atoms with Crippen LogP contribution in [0.25, 0.3) is 0 Å². The monoisotopic (exact) mass is 357 g/mol. The largest absolute Gasteiger partial charge is 0.467 e. The fourth-order valence-electron chi connectivity index (χ4n) is 3.07. The van der Waals surface area contributed by atoms with E-state index >= 15 is 0 Å². The third kappa shape index (κ3) is 3.99. The number of esters is 1. The van der Waals surface area contributed by atoms with Crippen LogP contribution in [0.2, 0.25) is 10.0 Å². The highest BCUT2D eigenvalue weighted by atomic mass is 35.5. The molecular formula is C17H21Cl2NO3. The summed E-state index contributed by atoms with van der Waals surface area (Å²) in [5.74, 6) is -0.407. The van der Waals surface area contributed by atoms with Gasteiger partial charge in [0.25, 0.3) is 0 Å². The van der Waals surface area contributed by atoms with Gasteiger partial charge >= 0.3 is 5.97 Å². The Morgan fingerprint density at radius 2 is 2.17 bits per heavy atom. The Labute approximate surface area is 146 Å². The van der Waals surface area contributed by atoms with Gasteiger partial charge in [-0.2, -0.15) is 0 Å². The van der Waals surface area contributed by atoms with Gasteiger partial charge in [-0.15, -0.1) is 0 Å². The van der Waals surface area contributed by atoms with Crippen LogP contribution in [-0.2, 0) is 14.3 Å². The van der Waals surface area contributed by atoms with Crippen LogP contribution in [0, 0.1) is 0 Å². The average molecular weight is 358 g/mol. The lowest BCUT2D eigenvalue weighted by molar-refractivity contribution is -0.151. The van der Waals surface area contributed by atoms with Gasteiger partial charge in [0, 0.05) is 16.5 Å². The van der Waals surface area contributed by atoms with E-state index in [2.05, 4.69) is 6.92 Å². The highest BCUT2D eigenvalue weighted by Crippen LogP contribution is 2.38. The van der Waals surface area contributed by atoms with Crippen molar-refractivity contribution in [2.24, 2.45) is 0 Å². The number of methoxy groups -OCH3 is 1. The molecule has 1 saturated heterocycles. The minimum Gasteiger partial charge on any atom is -0.467 e. The van der Waals surface area contributed by atoms with Crippen molar-refractivity contribution < 1.29 is 14.3 Å². The van der Waals surface area contributed by atoms with Crippen molar-refractivity contribution in [1.29, 1.82) is 0 Å². The average Bonchev–Trinajstić information content (AvgIpc) is 2.90. The summed E-state index contributed by atoms with van der Waals surface area (Å²) in [4.78, 5) is 26.1. The molecule has 2 rings (SSSR count). The molecule has 1 aliphatic rings. The van der Waals surface area contributed by atoms with Crippen LogP contribution in [0.3, 0.4) is 0 Å². The van der Waals surface area contributed by atoms with Gasteiger partial charge in [-0.3, -0.25) is 4.79 Å². The second-order valence-electron chi connectivity index (χ2n) is 5.70. The number of rotatable bonds is 6. The van der Waals surface area contributed by atoms with E-state index in [1.54, 1.807) is 17.0 Å². The van der Waals surface area contributed by atoms with E-state index in [0.29, 0.717) is 22.9 Å². The zero-order chi connectivity index (χ0) is 17.0. The maximum atomic E-state index is 12.4. The van der Waals surface area contributed by atoms with E-state index in [1.807, 2.05) is 6.07 Å². The Balaban J connectivity index is 2.40. The Kier molecular flexibility index (Phi) is 6.31. The van der Waals surface area contributed by atoms with Crippen molar-refractivity contribution in [2.75, 3.05) is 7.11 Å². The van der Waals surface area contributed by atoms with Gasteiger partial charge in [0.05, 0.1) is 13.2 Å². The van der Waals surface area contributed by atoms with Crippen molar-refractivity contribution in [3.63, 3.8) is 0 Å². The molecule has 0 N–H and O–H groups in total. The molecule has 1 fully saturated rings. The second kappa shape index (κ2) is 8.02. The van der Waals surface area contributed by atoms with Crippen molar-refractivity contribution in [2.45, 2.75) is 51.1 Å². The molecular weight excluding hydrogens is 337 g/mol. The molecule has 1 aromatic carbocycles. The molecule has 0 aliphatic carbocycles.